The number of nitrogens with zero attached hydrogens (tertiary/aromatic N) is 1. The third kappa shape index (κ3) is 5.20. The molecule has 4 rings (SSSR count). The normalized spacial score (nSPS) is 22.6. The molecule has 36 heavy (non-hydrogen) atoms. The molecule has 0 spiro atoms. The van der Waals surface area contributed by atoms with Crippen LogP contribution in [-0.4, -0.2) is 50.9 Å². The number of nitrogens with one attached hydrogen (secondary N) is 1. The van der Waals surface area contributed by atoms with E-state index in [0.717, 1.165) is 5.56 Å². The molecule has 0 radical (unpaired) electrons. The number of amides is 2. The van der Waals surface area contributed by atoms with Crippen molar-refractivity contribution >= 4 is 35.5 Å². The molecule has 0 bridgehead atoms. The van der Waals surface area contributed by atoms with Crippen LogP contribution >= 0.6 is 11.8 Å². The third-order valence-electron chi connectivity index (χ3n) is 6.34. The monoisotopic (exact) mass is 518 g/mol. The number of hydrogen-bond acceptors (Lipinski definition) is 7. The van der Waals surface area contributed by atoms with Gasteiger partial charge in [0.05, 0.1) is 12.0 Å². The molecule has 2 aliphatic heterocycles. The summed E-state index contributed by atoms with van der Waals surface area (Å²) < 4.78 is 4.91. The molecule has 1 N–H and O–H groups in total. The summed E-state index contributed by atoms with van der Waals surface area (Å²) in [6.07, 6.45) is 0. The zero-order valence-corrected chi connectivity index (χ0v) is 23.7. The molecule has 2 aromatic carbocycles. The van der Waals surface area contributed by atoms with Crippen molar-refractivity contribution in [1.29, 1.82) is 0 Å². The maximum absolute atomic E-state index is 13.4. The number of carbonyl (C=O) groups is 4. The predicted molar refractivity (Wildman–Crippen MR) is 128 cm³/mol. The summed E-state index contributed by atoms with van der Waals surface area (Å²) in [7, 11) is 0. The number of fused-ring (bicyclic) bond motifs is 1. The van der Waals surface area contributed by atoms with Gasteiger partial charge in [0.15, 0.2) is 5.92 Å². The largest absolute Gasteiger partial charge is 1.00 e. The number of ether oxygens (including phenoxy) is 1. The summed E-state index contributed by atoms with van der Waals surface area (Å²) in [6, 6.07) is 13.6. The number of carboxylic acids is 1. The van der Waals surface area contributed by atoms with Gasteiger partial charge in [-0.25, -0.2) is 0 Å². The second-order valence-electron chi connectivity index (χ2n) is 9.52. The maximum Gasteiger partial charge on any atom is 1.00 e. The Balaban J connectivity index is 0.00000361. The first-order valence-electron chi connectivity index (χ1n) is 11.4. The van der Waals surface area contributed by atoms with Gasteiger partial charge in [0.2, 0.25) is 11.8 Å². The molecule has 2 aromatic rings. The van der Waals surface area contributed by atoms with Crippen molar-refractivity contribution in [2.24, 2.45) is 0 Å². The van der Waals surface area contributed by atoms with E-state index in [-0.39, 0.29) is 35.5 Å². The molecule has 10 heteroatoms. The van der Waals surface area contributed by atoms with Crippen LogP contribution in [0.4, 0.5) is 0 Å². The molecule has 4 atom stereocenters. The van der Waals surface area contributed by atoms with Gasteiger partial charge in [-0.2, -0.15) is 0 Å². The first-order chi connectivity index (χ1) is 16.5. The zero-order chi connectivity index (χ0) is 25.5. The molecule has 8 nitrogen and oxygen atoms in total. The number of hydrogen-bond donors (Lipinski definition) is 1. The molecule has 0 aliphatic carbocycles. The molecule has 2 heterocycles. The van der Waals surface area contributed by atoms with Gasteiger partial charge in [0.25, 0.3) is 0 Å². The van der Waals surface area contributed by atoms with Crippen LogP contribution in [0, 0.1) is 0 Å². The fourth-order valence-corrected chi connectivity index (χ4v) is 6.24. The second-order valence-corrected chi connectivity index (χ2v) is 11.3. The van der Waals surface area contributed by atoms with Gasteiger partial charge >= 0.3 is 35.5 Å². The van der Waals surface area contributed by atoms with Crippen molar-refractivity contribution in [2.45, 2.75) is 61.7 Å². The van der Waals surface area contributed by atoms with Crippen LogP contribution in [0.2, 0.25) is 0 Å². The number of para-hydroxylation sites is 1. The Hall–Kier alpha value is -2.33. The fraction of sp³-hybridized carbons (Fsp3) is 0.385. The van der Waals surface area contributed by atoms with Crippen molar-refractivity contribution in [1.82, 2.24) is 10.2 Å². The Labute approximate surface area is 236 Å². The zero-order valence-electron chi connectivity index (χ0n) is 20.9. The van der Waals surface area contributed by atoms with E-state index in [1.54, 1.807) is 56.3 Å². The summed E-state index contributed by atoms with van der Waals surface area (Å²) in [5, 5.41) is 13.8. The van der Waals surface area contributed by atoms with E-state index < -0.39 is 51.9 Å². The topological polar surface area (TPSA) is 116 Å². The van der Waals surface area contributed by atoms with E-state index >= 15 is 0 Å². The number of aliphatic carboxylic acids is 1. The number of thioether (sulfide) groups is 1. The minimum Gasteiger partial charge on any atom is -0.548 e. The van der Waals surface area contributed by atoms with Crippen LogP contribution in [-0.2, 0) is 19.2 Å². The standard InChI is InChI=1S/C26H28N2O6S.Na/c1-14(2)16-12-8-9-13-17(16)34-25(33)18(15-10-6-5-7-11-15)21(29)27-19-22(30)28-20(24(31)32)26(3,4)35-23(19)28;/h5-14,18-20,23H,1-4H3,(H,27,29)(H,31,32);/q;+1/p-1/t18?,19-,20+,23-;/m1./s1. The molecule has 2 amide bonds. The van der Waals surface area contributed by atoms with Crippen molar-refractivity contribution in [2.75, 3.05) is 0 Å². The molecule has 0 saturated carbocycles. The SMILES string of the molecule is CC(C)c1ccccc1OC(=O)C(C(=O)N[C@@H]1C(=O)N2[C@@H]1SC(C)(C)[C@@H]2C(=O)[O-])c1ccccc1.[Na+]. The van der Waals surface area contributed by atoms with E-state index in [1.807, 2.05) is 26.0 Å². The molecule has 2 aliphatic rings. The first kappa shape index (κ1) is 28.2. The smallest absolute Gasteiger partial charge is 0.548 e. The Morgan fingerprint density at radius 2 is 1.67 bits per heavy atom. The number of β-lactam (4-membered cyclic amide) rings is 1. The van der Waals surface area contributed by atoms with Gasteiger partial charge in [-0.15, -0.1) is 11.8 Å². The van der Waals surface area contributed by atoms with E-state index in [0.29, 0.717) is 11.3 Å². The number of rotatable bonds is 7. The number of carboxylic acid groups (broad SMARTS) is 1. The van der Waals surface area contributed by atoms with E-state index in [2.05, 4.69) is 5.32 Å². The van der Waals surface area contributed by atoms with Crippen molar-refractivity contribution in [3.63, 3.8) is 0 Å². The Bertz CT molecular complexity index is 1170. The summed E-state index contributed by atoms with van der Waals surface area (Å²) in [5.41, 5.74) is 1.25. The molecule has 184 valence electrons. The fourth-order valence-electron chi connectivity index (χ4n) is 4.62. The van der Waals surface area contributed by atoms with E-state index in [4.69, 9.17) is 4.74 Å². The molecular weight excluding hydrogens is 491 g/mol. The van der Waals surface area contributed by atoms with Crippen molar-refractivity contribution in [3.8, 4) is 5.75 Å². The summed E-state index contributed by atoms with van der Waals surface area (Å²) in [6.45, 7) is 7.39. The number of carbonyl (C=O) groups excluding carboxylic acids is 4. The van der Waals surface area contributed by atoms with E-state index in [9.17, 15) is 24.3 Å². The van der Waals surface area contributed by atoms with Crippen LogP contribution in [0.5, 0.6) is 5.75 Å². The molecule has 2 saturated heterocycles. The van der Waals surface area contributed by atoms with Crippen molar-refractivity contribution in [3.05, 3.63) is 65.7 Å². The van der Waals surface area contributed by atoms with Gasteiger partial charge in [-0.05, 0) is 37.0 Å². The van der Waals surface area contributed by atoms with Gasteiger partial charge in [0.1, 0.15) is 17.2 Å². The van der Waals surface area contributed by atoms with Gasteiger partial charge in [0, 0.05) is 4.75 Å². The Morgan fingerprint density at radius 3 is 2.28 bits per heavy atom. The molecular formula is C26H27N2NaO6S. The quantitative estimate of drug-likeness (QED) is 0.161. The minimum absolute atomic E-state index is 0. The van der Waals surface area contributed by atoms with Gasteiger partial charge in [-0.1, -0.05) is 62.4 Å². The number of esters is 1. The van der Waals surface area contributed by atoms with Gasteiger partial charge in [-0.3, -0.25) is 14.4 Å². The van der Waals surface area contributed by atoms with Crippen LogP contribution < -0.4 is 44.7 Å². The first-order valence-corrected chi connectivity index (χ1v) is 12.3. The molecule has 1 unspecified atom stereocenters. The molecule has 2 fully saturated rings. The van der Waals surface area contributed by atoms with Gasteiger partial charge < -0.3 is 24.9 Å². The third-order valence-corrected chi connectivity index (χ3v) is 7.92. The summed E-state index contributed by atoms with van der Waals surface area (Å²) in [5.74, 6) is -4.14. The minimum atomic E-state index is -1.34. The van der Waals surface area contributed by atoms with Crippen LogP contribution in [0.1, 0.15) is 50.7 Å². The number of benzene rings is 2. The second kappa shape index (κ2) is 11.0. The predicted octanol–water partition coefficient (Wildman–Crippen LogP) is -1.20. The molecule has 0 aromatic heterocycles. The van der Waals surface area contributed by atoms with E-state index in [1.165, 1.54) is 16.7 Å². The van der Waals surface area contributed by atoms with Crippen LogP contribution in [0.3, 0.4) is 0 Å². The van der Waals surface area contributed by atoms with Crippen LogP contribution in [0.25, 0.3) is 0 Å². The average molecular weight is 519 g/mol. The maximum atomic E-state index is 13.4. The Kier molecular flexibility index (Phi) is 8.60. The Morgan fingerprint density at radius 1 is 1.06 bits per heavy atom. The van der Waals surface area contributed by atoms with Crippen molar-refractivity contribution < 1.29 is 58.6 Å². The van der Waals surface area contributed by atoms with Crippen LogP contribution in [0.15, 0.2) is 54.6 Å². The summed E-state index contributed by atoms with van der Waals surface area (Å²) >= 11 is 1.28. The average Bonchev–Trinajstić information content (AvgIpc) is 3.06. The summed E-state index contributed by atoms with van der Waals surface area (Å²) in [4.78, 5) is 52.4.